The van der Waals surface area contributed by atoms with E-state index < -0.39 is 48.1 Å². The van der Waals surface area contributed by atoms with Crippen molar-refractivity contribution in [2.24, 2.45) is 0 Å². The van der Waals surface area contributed by atoms with E-state index in [0.29, 0.717) is 10.5 Å². The van der Waals surface area contributed by atoms with Gasteiger partial charge in [0.1, 0.15) is 28.9 Å². The smallest absolute Gasteiger partial charge is 0.347 e. The molecule has 1 aliphatic rings. The van der Waals surface area contributed by atoms with Crippen molar-refractivity contribution in [1.82, 2.24) is 19.5 Å². The molecule has 0 aliphatic carbocycles. The summed E-state index contributed by atoms with van der Waals surface area (Å²) in [4.78, 5) is 59.5. The van der Waals surface area contributed by atoms with Crippen LogP contribution in [0.2, 0.25) is 0 Å². The van der Waals surface area contributed by atoms with Crippen LogP contribution in [0, 0.1) is 6.92 Å². The minimum atomic E-state index is -1.12. The first-order valence-corrected chi connectivity index (χ1v) is 11.8. The molecule has 1 N–H and O–H groups in total. The third-order valence-electron chi connectivity index (χ3n) is 5.27. The maximum absolute atomic E-state index is 12.5. The highest BCUT2D eigenvalue weighted by atomic mass is 32.2. The SMILES string of the molecule is CC(=O)OC[C@H]1O[C@@H](n2cnc3c(Sc4ccc(C)cc4)nc(=O)[nH]c32)[C@@H](OC(C)=O)[C@H]1OC(C)=O. The number of hydrogen-bond acceptors (Lipinski definition) is 11. The number of fused-ring (bicyclic) bond motifs is 1. The van der Waals surface area contributed by atoms with E-state index >= 15 is 0 Å². The fourth-order valence-corrected chi connectivity index (χ4v) is 4.68. The van der Waals surface area contributed by atoms with Crippen LogP contribution in [0.5, 0.6) is 0 Å². The van der Waals surface area contributed by atoms with Crippen LogP contribution in [0.15, 0.2) is 45.3 Å². The van der Waals surface area contributed by atoms with Gasteiger partial charge in [-0.3, -0.25) is 23.9 Å². The van der Waals surface area contributed by atoms with Crippen LogP contribution in [-0.2, 0) is 33.3 Å². The van der Waals surface area contributed by atoms with Gasteiger partial charge in [0.15, 0.2) is 18.4 Å². The van der Waals surface area contributed by atoms with Crippen molar-refractivity contribution in [1.29, 1.82) is 0 Å². The number of imidazole rings is 1. The Morgan fingerprint density at radius 1 is 1.06 bits per heavy atom. The zero-order valence-corrected chi connectivity index (χ0v) is 20.7. The number of hydrogen-bond donors (Lipinski definition) is 1. The third-order valence-corrected chi connectivity index (χ3v) is 6.26. The number of aromatic nitrogens is 4. The summed E-state index contributed by atoms with van der Waals surface area (Å²) < 4.78 is 23.4. The molecule has 0 radical (unpaired) electrons. The largest absolute Gasteiger partial charge is 0.463 e. The maximum atomic E-state index is 12.5. The van der Waals surface area contributed by atoms with Gasteiger partial charge in [-0.15, -0.1) is 0 Å². The Morgan fingerprint density at radius 2 is 1.72 bits per heavy atom. The van der Waals surface area contributed by atoms with Crippen molar-refractivity contribution in [2.45, 2.75) is 62.2 Å². The molecule has 190 valence electrons. The van der Waals surface area contributed by atoms with E-state index in [0.717, 1.165) is 10.5 Å². The van der Waals surface area contributed by atoms with Crippen LogP contribution >= 0.6 is 11.8 Å². The van der Waals surface area contributed by atoms with Crippen molar-refractivity contribution in [3.05, 3.63) is 46.6 Å². The van der Waals surface area contributed by atoms with Gasteiger partial charge in [-0.05, 0) is 19.1 Å². The molecule has 0 bridgehead atoms. The van der Waals surface area contributed by atoms with Gasteiger partial charge in [0.05, 0.1) is 6.33 Å². The monoisotopic (exact) mass is 516 g/mol. The zero-order chi connectivity index (χ0) is 26.0. The third kappa shape index (κ3) is 5.57. The normalized spacial score (nSPS) is 21.3. The number of aryl methyl sites for hydroxylation is 1. The number of H-pyrrole nitrogens is 1. The van der Waals surface area contributed by atoms with Gasteiger partial charge in [0, 0.05) is 25.7 Å². The van der Waals surface area contributed by atoms with E-state index in [9.17, 15) is 19.2 Å². The van der Waals surface area contributed by atoms with E-state index in [4.69, 9.17) is 18.9 Å². The second-order valence-corrected chi connectivity index (χ2v) is 9.19. The molecule has 2 aromatic heterocycles. The molecule has 0 saturated carbocycles. The molecule has 3 heterocycles. The summed E-state index contributed by atoms with van der Waals surface area (Å²) in [5, 5.41) is 0.367. The summed E-state index contributed by atoms with van der Waals surface area (Å²) in [6.07, 6.45) is -2.79. The second kappa shape index (κ2) is 10.5. The average molecular weight is 517 g/mol. The summed E-state index contributed by atoms with van der Waals surface area (Å²) in [5.74, 6) is -1.85. The predicted octanol–water partition coefficient (Wildman–Crippen LogP) is 1.90. The summed E-state index contributed by atoms with van der Waals surface area (Å²) in [7, 11) is 0. The predicted molar refractivity (Wildman–Crippen MR) is 125 cm³/mol. The molecule has 1 aliphatic heterocycles. The molecule has 1 saturated heterocycles. The lowest BCUT2D eigenvalue weighted by molar-refractivity contribution is -0.166. The quantitative estimate of drug-likeness (QED) is 0.278. The van der Waals surface area contributed by atoms with Crippen molar-refractivity contribution < 1.29 is 33.3 Å². The summed E-state index contributed by atoms with van der Waals surface area (Å²) >= 11 is 1.27. The van der Waals surface area contributed by atoms with Crippen LogP contribution in [0.4, 0.5) is 0 Å². The molecular weight excluding hydrogens is 492 g/mol. The highest BCUT2D eigenvalue weighted by Gasteiger charge is 2.51. The van der Waals surface area contributed by atoms with Gasteiger partial charge >= 0.3 is 23.6 Å². The van der Waals surface area contributed by atoms with Crippen molar-refractivity contribution in [2.75, 3.05) is 6.61 Å². The minimum Gasteiger partial charge on any atom is -0.463 e. The fourth-order valence-electron chi connectivity index (χ4n) is 3.81. The van der Waals surface area contributed by atoms with Gasteiger partial charge in [-0.25, -0.2) is 9.78 Å². The van der Waals surface area contributed by atoms with Crippen molar-refractivity contribution in [3.8, 4) is 0 Å². The lowest BCUT2D eigenvalue weighted by atomic mass is 10.1. The Bertz CT molecular complexity index is 1350. The number of aromatic amines is 1. The second-order valence-electron chi connectivity index (χ2n) is 8.13. The molecule has 36 heavy (non-hydrogen) atoms. The Morgan fingerprint density at radius 3 is 2.36 bits per heavy atom. The van der Waals surface area contributed by atoms with Crippen LogP contribution in [-0.4, -0.2) is 62.3 Å². The van der Waals surface area contributed by atoms with Gasteiger partial charge in [-0.2, -0.15) is 4.98 Å². The van der Waals surface area contributed by atoms with E-state index in [-0.39, 0.29) is 12.3 Å². The molecule has 0 spiro atoms. The Balaban J connectivity index is 1.75. The highest BCUT2D eigenvalue weighted by molar-refractivity contribution is 7.99. The number of ether oxygens (including phenoxy) is 4. The molecule has 13 heteroatoms. The standard InChI is InChI=1S/C23H24N4O8S/c1-11-5-7-15(8-6-11)36-21-17-20(25-23(31)26-21)27(10-24-17)22-19(34-14(4)30)18(33-13(3)29)16(35-22)9-32-12(2)28/h5-8,10,16,18-19,22H,9H2,1-4H3,(H,25,26,31)/t16-,18+,19+,22-/m1/s1. The first-order chi connectivity index (χ1) is 17.1. The first-order valence-electron chi connectivity index (χ1n) is 11.0. The first kappa shape index (κ1) is 25.4. The van der Waals surface area contributed by atoms with Gasteiger partial charge < -0.3 is 18.9 Å². The Kier molecular flexibility index (Phi) is 7.40. The topological polar surface area (TPSA) is 152 Å². The van der Waals surface area contributed by atoms with Crippen LogP contribution in [0.3, 0.4) is 0 Å². The van der Waals surface area contributed by atoms with Crippen LogP contribution < -0.4 is 5.69 Å². The molecule has 0 unspecified atom stereocenters. The Hall–Kier alpha value is -3.71. The number of carbonyl (C=O) groups excluding carboxylic acids is 3. The van der Waals surface area contributed by atoms with E-state index in [1.54, 1.807) is 0 Å². The van der Waals surface area contributed by atoms with Crippen LogP contribution in [0.25, 0.3) is 11.2 Å². The lowest BCUT2D eigenvalue weighted by Gasteiger charge is -2.23. The zero-order valence-electron chi connectivity index (χ0n) is 19.9. The van der Waals surface area contributed by atoms with E-state index in [1.807, 2.05) is 31.2 Å². The van der Waals surface area contributed by atoms with Gasteiger partial charge in [-0.1, -0.05) is 29.5 Å². The van der Waals surface area contributed by atoms with Crippen LogP contribution in [0.1, 0.15) is 32.6 Å². The van der Waals surface area contributed by atoms with Crippen molar-refractivity contribution >= 4 is 40.8 Å². The molecule has 4 atom stereocenters. The number of rotatable bonds is 7. The summed E-state index contributed by atoms with van der Waals surface area (Å²) in [6.45, 7) is 5.35. The van der Waals surface area contributed by atoms with E-state index in [1.165, 1.54) is 43.4 Å². The Labute approximate surface area is 209 Å². The summed E-state index contributed by atoms with van der Waals surface area (Å²) in [6, 6.07) is 7.71. The van der Waals surface area contributed by atoms with Crippen molar-refractivity contribution in [3.63, 3.8) is 0 Å². The number of carbonyl (C=O) groups is 3. The van der Waals surface area contributed by atoms with Gasteiger partial charge in [0.2, 0.25) is 0 Å². The highest BCUT2D eigenvalue weighted by Crippen LogP contribution is 2.37. The number of nitrogens with zero attached hydrogens (tertiary/aromatic N) is 3. The van der Waals surface area contributed by atoms with E-state index in [2.05, 4.69) is 15.0 Å². The molecule has 4 rings (SSSR count). The minimum absolute atomic E-state index is 0.249. The number of nitrogens with one attached hydrogen (secondary N) is 1. The molecule has 1 fully saturated rings. The molecule has 1 aromatic carbocycles. The molecule has 3 aromatic rings. The fraction of sp³-hybridized carbons (Fsp3) is 0.391. The molecule has 0 amide bonds. The molecule has 12 nitrogen and oxygen atoms in total. The summed E-state index contributed by atoms with van der Waals surface area (Å²) in [5.41, 5.74) is 1.13. The number of benzene rings is 1. The average Bonchev–Trinajstić information content (AvgIpc) is 3.35. The number of esters is 3. The van der Waals surface area contributed by atoms with Gasteiger partial charge in [0.25, 0.3) is 0 Å². The maximum Gasteiger partial charge on any atom is 0.347 e. The lowest BCUT2D eigenvalue weighted by Crippen LogP contribution is -2.40. The molecular formula is C23H24N4O8S.